The molecule has 29 heavy (non-hydrogen) atoms. The van der Waals surface area contributed by atoms with Gasteiger partial charge < -0.3 is 18.9 Å². The SMILES string of the molecule is COC1O[C@@H](OC)C2/C1=C\C/C=C(\C)C[C@H](OC(C)=O)[C@@H]2[C@@H](C)CCC=C(C)C. The van der Waals surface area contributed by atoms with Crippen LogP contribution in [0.3, 0.4) is 0 Å². The van der Waals surface area contributed by atoms with Crippen LogP contribution in [0.5, 0.6) is 0 Å². The predicted molar refractivity (Wildman–Crippen MR) is 114 cm³/mol. The lowest BCUT2D eigenvalue weighted by molar-refractivity contribution is -0.199. The second-order valence-electron chi connectivity index (χ2n) is 8.59. The summed E-state index contributed by atoms with van der Waals surface area (Å²) < 4.78 is 23.4. The second-order valence-corrected chi connectivity index (χ2v) is 8.59. The molecule has 0 bridgehead atoms. The second kappa shape index (κ2) is 11.1. The summed E-state index contributed by atoms with van der Waals surface area (Å²) in [6.07, 6.45) is 9.14. The average molecular weight is 407 g/mol. The van der Waals surface area contributed by atoms with Crippen molar-refractivity contribution in [3.63, 3.8) is 0 Å². The fraction of sp³-hybridized carbons (Fsp3) is 0.708. The van der Waals surface area contributed by atoms with Crippen LogP contribution in [0.25, 0.3) is 0 Å². The van der Waals surface area contributed by atoms with Crippen LogP contribution < -0.4 is 0 Å². The van der Waals surface area contributed by atoms with Crippen LogP contribution in [0.1, 0.15) is 60.3 Å². The van der Waals surface area contributed by atoms with Gasteiger partial charge in [0.1, 0.15) is 6.10 Å². The van der Waals surface area contributed by atoms with Gasteiger partial charge in [-0.15, -0.1) is 0 Å². The first-order valence-electron chi connectivity index (χ1n) is 10.7. The maximum Gasteiger partial charge on any atom is 0.302 e. The summed E-state index contributed by atoms with van der Waals surface area (Å²) in [5.74, 6) is 0.119. The van der Waals surface area contributed by atoms with Crippen molar-refractivity contribution < 1.29 is 23.7 Å². The summed E-state index contributed by atoms with van der Waals surface area (Å²) in [6.45, 7) is 10.1. The lowest BCUT2D eigenvalue weighted by Crippen LogP contribution is -2.40. The van der Waals surface area contributed by atoms with Gasteiger partial charge in [0.25, 0.3) is 0 Å². The van der Waals surface area contributed by atoms with Crippen LogP contribution in [-0.2, 0) is 23.7 Å². The van der Waals surface area contributed by atoms with E-state index in [1.165, 1.54) is 18.1 Å². The molecule has 5 heteroatoms. The Morgan fingerprint density at radius 3 is 2.55 bits per heavy atom. The summed E-state index contributed by atoms with van der Waals surface area (Å²) in [7, 11) is 3.33. The van der Waals surface area contributed by atoms with Crippen LogP contribution in [0, 0.1) is 17.8 Å². The molecule has 0 aromatic carbocycles. The molecule has 1 heterocycles. The predicted octanol–water partition coefficient (Wildman–Crippen LogP) is 5.17. The molecule has 0 amide bonds. The molecule has 0 saturated carbocycles. The first kappa shape index (κ1) is 23.8. The summed E-state index contributed by atoms with van der Waals surface area (Å²) in [5, 5.41) is 0. The Hall–Kier alpha value is -1.43. The Morgan fingerprint density at radius 2 is 1.97 bits per heavy atom. The molecule has 0 radical (unpaired) electrons. The number of esters is 1. The van der Waals surface area contributed by atoms with Crippen LogP contribution in [0.15, 0.2) is 34.9 Å². The highest BCUT2D eigenvalue weighted by molar-refractivity contribution is 5.66. The van der Waals surface area contributed by atoms with Crippen molar-refractivity contribution in [2.45, 2.75) is 79.0 Å². The smallest absolute Gasteiger partial charge is 0.302 e. The number of allylic oxidation sites excluding steroid dienone is 4. The first-order valence-corrected chi connectivity index (χ1v) is 10.7. The first-order chi connectivity index (χ1) is 13.8. The minimum atomic E-state index is -0.429. The molecule has 0 N–H and O–H groups in total. The average Bonchev–Trinajstić information content (AvgIpc) is 3.00. The molecule has 0 aromatic rings. The lowest BCUT2D eigenvalue weighted by atomic mass is 9.72. The van der Waals surface area contributed by atoms with E-state index in [0.717, 1.165) is 31.3 Å². The third kappa shape index (κ3) is 6.27. The highest BCUT2D eigenvalue weighted by Gasteiger charge is 2.49. The normalized spacial score (nSPS) is 34.4. The minimum absolute atomic E-state index is 0.0182. The molecule has 2 aliphatic rings. The van der Waals surface area contributed by atoms with Gasteiger partial charge in [0, 0.05) is 39.4 Å². The molecule has 5 nitrogen and oxygen atoms in total. The maximum absolute atomic E-state index is 12.0. The summed E-state index contributed by atoms with van der Waals surface area (Å²) >= 11 is 0. The van der Waals surface area contributed by atoms with Crippen LogP contribution in [0.2, 0.25) is 0 Å². The van der Waals surface area contributed by atoms with Crippen LogP contribution in [0.4, 0.5) is 0 Å². The van der Waals surface area contributed by atoms with Crippen molar-refractivity contribution in [3.05, 3.63) is 34.9 Å². The van der Waals surface area contributed by atoms with E-state index in [1.807, 2.05) is 0 Å². The van der Waals surface area contributed by atoms with E-state index in [9.17, 15) is 4.79 Å². The standard InChI is InChI=1S/C24H38O5/c1-15(2)10-8-12-17(4)21-20(28-18(5)25)14-16(3)11-9-13-19-22(21)24(27-7)29-23(19)26-6/h10-11,13,17,20-24H,8-9,12,14H2,1-7H3/b16-11+,19-13+/t17-,20-,21-,22?,23?,24+/m0/s1. The molecular weight excluding hydrogens is 368 g/mol. The molecular formula is C24H38O5. The molecule has 0 aromatic heterocycles. The highest BCUT2D eigenvalue weighted by Crippen LogP contribution is 2.46. The fourth-order valence-electron chi connectivity index (χ4n) is 4.67. The van der Waals surface area contributed by atoms with Crippen molar-refractivity contribution in [3.8, 4) is 0 Å². The number of ether oxygens (including phenoxy) is 4. The van der Waals surface area contributed by atoms with Gasteiger partial charge >= 0.3 is 5.97 Å². The number of rotatable bonds is 7. The molecule has 6 atom stereocenters. The van der Waals surface area contributed by atoms with E-state index in [-0.39, 0.29) is 23.9 Å². The zero-order chi connectivity index (χ0) is 21.6. The Morgan fingerprint density at radius 1 is 1.24 bits per heavy atom. The van der Waals surface area contributed by atoms with Crippen molar-refractivity contribution >= 4 is 5.97 Å². The van der Waals surface area contributed by atoms with Crippen LogP contribution >= 0.6 is 0 Å². The number of carbonyl (C=O) groups excluding carboxylic acids is 1. The maximum atomic E-state index is 12.0. The molecule has 1 fully saturated rings. The fourth-order valence-corrected chi connectivity index (χ4v) is 4.67. The molecule has 1 saturated heterocycles. The monoisotopic (exact) mass is 406 g/mol. The van der Waals surface area contributed by atoms with E-state index in [1.54, 1.807) is 14.2 Å². The van der Waals surface area contributed by atoms with Gasteiger partial charge in [0.15, 0.2) is 12.6 Å². The van der Waals surface area contributed by atoms with Crippen LogP contribution in [-0.4, -0.2) is 38.9 Å². The molecule has 2 unspecified atom stereocenters. The van der Waals surface area contributed by atoms with Crippen molar-refractivity contribution in [2.75, 3.05) is 14.2 Å². The summed E-state index contributed by atoms with van der Waals surface area (Å²) in [5.41, 5.74) is 3.65. The van der Waals surface area contributed by atoms with E-state index in [0.29, 0.717) is 5.92 Å². The highest BCUT2D eigenvalue weighted by atomic mass is 16.8. The van der Waals surface area contributed by atoms with Gasteiger partial charge in [-0.05, 0) is 51.5 Å². The molecule has 1 aliphatic carbocycles. The Bertz CT molecular complexity index is 644. The number of fused-ring (bicyclic) bond motifs is 1. The van der Waals surface area contributed by atoms with Gasteiger partial charge in [0.2, 0.25) is 0 Å². The molecule has 164 valence electrons. The molecule has 1 aliphatic heterocycles. The molecule has 2 rings (SSSR count). The number of hydrogen-bond acceptors (Lipinski definition) is 5. The Balaban J connectivity index is 2.47. The van der Waals surface area contributed by atoms with Crippen molar-refractivity contribution in [1.29, 1.82) is 0 Å². The Labute approximate surface area is 176 Å². The number of methoxy groups -OCH3 is 2. The van der Waals surface area contributed by atoms with E-state index < -0.39 is 12.6 Å². The quantitative estimate of drug-likeness (QED) is 0.431. The topological polar surface area (TPSA) is 54.0 Å². The van der Waals surface area contributed by atoms with E-state index in [4.69, 9.17) is 18.9 Å². The zero-order valence-corrected chi connectivity index (χ0v) is 19.1. The molecule has 0 spiro atoms. The Kier molecular flexibility index (Phi) is 9.12. The van der Waals surface area contributed by atoms with Gasteiger partial charge in [-0.1, -0.05) is 36.3 Å². The number of carbonyl (C=O) groups is 1. The minimum Gasteiger partial charge on any atom is -0.462 e. The number of hydrogen-bond donors (Lipinski definition) is 0. The van der Waals surface area contributed by atoms with E-state index in [2.05, 4.69) is 45.9 Å². The van der Waals surface area contributed by atoms with Gasteiger partial charge in [-0.2, -0.15) is 0 Å². The third-order valence-corrected chi connectivity index (χ3v) is 5.99. The lowest BCUT2D eigenvalue weighted by Gasteiger charge is -2.37. The van der Waals surface area contributed by atoms with E-state index >= 15 is 0 Å². The van der Waals surface area contributed by atoms with Gasteiger partial charge in [-0.25, -0.2) is 0 Å². The summed E-state index contributed by atoms with van der Waals surface area (Å²) in [6, 6.07) is 0. The van der Waals surface area contributed by atoms with Gasteiger partial charge in [0.05, 0.1) is 0 Å². The zero-order valence-electron chi connectivity index (χ0n) is 19.1. The van der Waals surface area contributed by atoms with Crippen molar-refractivity contribution in [2.24, 2.45) is 17.8 Å². The largest absolute Gasteiger partial charge is 0.462 e. The van der Waals surface area contributed by atoms with Crippen molar-refractivity contribution in [1.82, 2.24) is 0 Å². The summed E-state index contributed by atoms with van der Waals surface area (Å²) in [4.78, 5) is 12.0. The van der Waals surface area contributed by atoms with Gasteiger partial charge in [-0.3, -0.25) is 4.79 Å². The third-order valence-electron chi connectivity index (χ3n) is 5.99.